The summed E-state index contributed by atoms with van der Waals surface area (Å²) in [5.41, 5.74) is 4.64. The van der Waals surface area contributed by atoms with E-state index in [0.717, 1.165) is 12.0 Å². The minimum absolute atomic E-state index is 0.176. The first-order chi connectivity index (χ1) is 11.9. The van der Waals surface area contributed by atoms with Crippen LogP contribution in [0.15, 0.2) is 24.3 Å². The van der Waals surface area contributed by atoms with E-state index in [0.29, 0.717) is 5.69 Å². The Balaban J connectivity index is 1.88. The van der Waals surface area contributed by atoms with Crippen molar-refractivity contribution in [1.82, 2.24) is 16.2 Å². The van der Waals surface area contributed by atoms with E-state index in [1.54, 1.807) is 0 Å². The first kappa shape index (κ1) is 17.9. The van der Waals surface area contributed by atoms with Crippen molar-refractivity contribution in [1.29, 1.82) is 0 Å². The molecule has 0 spiro atoms. The zero-order chi connectivity index (χ0) is 18.4. The molecule has 10 nitrogen and oxygen atoms in total. The van der Waals surface area contributed by atoms with Crippen LogP contribution >= 0.6 is 0 Å². The molecule has 25 heavy (non-hydrogen) atoms. The molecule has 1 heterocycles. The fraction of sp³-hybridized carbons (Fsp3) is 0.267. The van der Waals surface area contributed by atoms with Crippen LogP contribution in [0.5, 0.6) is 0 Å². The third kappa shape index (κ3) is 4.53. The van der Waals surface area contributed by atoms with E-state index in [2.05, 4.69) is 10.1 Å². The van der Waals surface area contributed by atoms with Gasteiger partial charge in [0.2, 0.25) is 11.8 Å². The van der Waals surface area contributed by atoms with E-state index < -0.39 is 17.9 Å². The van der Waals surface area contributed by atoms with Crippen LogP contribution in [0.1, 0.15) is 23.2 Å². The molecular formula is C15H16N4O6. The maximum Gasteiger partial charge on any atom is 0.425 e. The van der Waals surface area contributed by atoms with Crippen molar-refractivity contribution in [2.75, 3.05) is 18.6 Å². The average molecular weight is 348 g/mol. The Kier molecular flexibility index (Phi) is 5.66. The summed E-state index contributed by atoms with van der Waals surface area (Å²) in [6, 6.07) is 5.84. The van der Waals surface area contributed by atoms with Crippen LogP contribution < -0.4 is 21.1 Å². The van der Waals surface area contributed by atoms with Gasteiger partial charge >= 0.3 is 6.09 Å². The number of hydrogen-bond donors (Lipinski definition) is 3. The van der Waals surface area contributed by atoms with Crippen LogP contribution in [-0.2, 0) is 19.1 Å². The standard InChI is InChI=1S/C15H16N4O6/c1-25-15(24)18-17-11(20)8-16-14(23)9-2-4-10(5-3-9)19-12(21)6-7-13(19)22/h2-5H,6-8H2,1H3,(H,16,23)(H,17,20)(H,18,24). The Labute approximate surface area is 142 Å². The Hall–Kier alpha value is -3.43. The summed E-state index contributed by atoms with van der Waals surface area (Å²) >= 11 is 0. The molecule has 1 aliphatic rings. The molecule has 132 valence electrons. The monoisotopic (exact) mass is 348 g/mol. The molecule has 0 radical (unpaired) electrons. The van der Waals surface area contributed by atoms with E-state index in [-0.39, 0.29) is 36.8 Å². The van der Waals surface area contributed by atoms with Gasteiger partial charge in [0.25, 0.3) is 11.8 Å². The first-order valence-electron chi connectivity index (χ1n) is 7.29. The highest BCUT2D eigenvalue weighted by Gasteiger charge is 2.30. The van der Waals surface area contributed by atoms with Gasteiger partial charge in [-0.25, -0.2) is 10.2 Å². The predicted octanol–water partition coefficient (Wildman–Crippen LogP) is -0.543. The van der Waals surface area contributed by atoms with Gasteiger partial charge in [-0.05, 0) is 24.3 Å². The van der Waals surface area contributed by atoms with E-state index in [1.165, 1.54) is 24.3 Å². The molecule has 10 heteroatoms. The van der Waals surface area contributed by atoms with Crippen molar-refractivity contribution in [2.45, 2.75) is 12.8 Å². The summed E-state index contributed by atoms with van der Waals surface area (Å²) in [6.07, 6.45) is -0.493. The van der Waals surface area contributed by atoms with Crippen LogP contribution in [0, 0.1) is 0 Å². The number of carbonyl (C=O) groups is 5. The Morgan fingerprint density at radius 1 is 1.04 bits per heavy atom. The lowest BCUT2D eigenvalue weighted by Gasteiger charge is -2.14. The minimum Gasteiger partial charge on any atom is -0.452 e. The SMILES string of the molecule is COC(=O)NNC(=O)CNC(=O)c1ccc(N2C(=O)CCC2=O)cc1. The summed E-state index contributed by atoms with van der Waals surface area (Å²) in [4.78, 5) is 58.5. The zero-order valence-electron chi connectivity index (χ0n) is 13.3. The molecule has 3 N–H and O–H groups in total. The van der Waals surface area contributed by atoms with Crippen LogP contribution in [0.2, 0.25) is 0 Å². The lowest BCUT2D eigenvalue weighted by Crippen LogP contribution is -2.46. The second-order valence-electron chi connectivity index (χ2n) is 5.02. The van der Waals surface area contributed by atoms with Gasteiger partial charge in [0.05, 0.1) is 19.3 Å². The average Bonchev–Trinajstić information content (AvgIpc) is 2.96. The smallest absolute Gasteiger partial charge is 0.425 e. The normalized spacial score (nSPS) is 13.4. The number of hydrogen-bond acceptors (Lipinski definition) is 6. The van der Waals surface area contributed by atoms with Crippen LogP contribution in [0.25, 0.3) is 0 Å². The summed E-state index contributed by atoms with van der Waals surface area (Å²) in [6.45, 7) is -0.367. The maximum absolute atomic E-state index is 12.0. The number of carbonyl (C=O) groups excluding carboxylic acids is 5. The van der Waals surface area contributed by atoms with Crippen molar-refractivity contribution < 1.29 is 28.7 Å². The second kappa shape index (κ2) is 7.90. The molecule has 0 saturated carbocycles. The highest BCUT2D eigenvalue weighted by Crippen LogP contribution is 2.22. The van der Waals surface area contributed by atoms with Gasteiger partial charge in [-0.15, -0.1) is 0 Å². The molecular weight excluding hydrogens is 332 g/mol. The summed E-state index contributed by atoms with van der Waals surface area (Å²) in [5, 5.41) is 2.36. The zero-order valence-corrected chi connectivity index (χ0v) is 13.3. The van der Waals surface area contributed by atoms with Crippen molar-refractivity contribution in [3.05, 3.63) is 29.8 Å². The quantitative estimate of drug-likeness (QED) is 0.494. The van der Waals surface area contributed by atoms with Crippen LogP contribution in [-0.4, -0.2) is 43.4 Å². The topological polar surface area (TPSA) is 134 Å². The third-order valence-electron chi connectivity index (χ3n) is 3.34. The minimum atomic E-state index is -0.846. The molecule has 1 fully saturated rings. The number of ether oxygens (including phenoxy) is 1. The second-order valence-corrected chi connectivity index (χ2v) is 5.02. The number of benzene rings is 1. The van der Waals surface area contributed by atoms with Gasteiger partial charge in [0.1, 0.15) is 0 Å². The molecule has 5 amide bonds. The van der Waals surface area contributed by atoms with Crippen LogP contribution in [0.4, 0.5) is 10.5 Å². The van der Waals surface area contributed by atoms with Crippen LogP contribution in [0.3, 0.4) is 0 Å². The first-order valence-corrected chi connectivity index (χ1v) is 7.29. The number of imide groups is 1. The van der Waals surface area contributed by atoms with Crippen molar-refractivity contribution in [2.24, 2.45) is 0 Å². The van der Waals surface area contributed by atoms with Gasteiger partial charge < -0.3 is 10.1 Å². The van der Waals surface area contributed by atoms with Gasteiger partial charge in [0.15, 0.2) is 0 Å². The van der Waals surface area contributed by atoms with E-state index in [1.807, 2.05) is 10.9 Å². The number of rotatable bonds is 4. The Morgan fingerprint density at radius 3 is 2.20 bits per heavy atom. The summed E-state index contributed by atoms with van der Waals surface area (Å²) in [5.74, 6) is -1.74. The number of hydrazine groups is 1. The molecule has 2 rings (SSSR count). The fourth-order valence-corrected chi connectivity index (χ4v) is 2.11. The fourth-order valence-electron chi connectivity index (χ4n) is 2.11. The molecule has 0 atom stereocenters. The third-order valence-corrected chi connectivity index (χ3v) is 3.34. The van der Waals surface area contributed by atoms with Crippen molar-refractivity contribution >= 4 is 35.4 Å². The van der Waals surface area contributed by atoms with Gasteiger partial charge in [0, 0.05) is 18.4 Å². The molecule has 0 aromatic heterocycles. The summed E-state index contributed by atoms with van der Waals surface area (Å²) in [7, 11) is 1.14. The molecule has 0 aliphatic carbocycles. The largest absolute Gasteiger partial charge is 0.452 e. The highest BCUT2D eigenvalue weighted by molar-refractivity contribution is 6.19. The molecule has 1 saturated heterocycles. The molecule has 0 bridgehead atoms. The van der Waals surface area contributed by atoms with Crippen molar-refractivity contribution in [3.8, 4) is 0 Å². The lowest BCUT2D eigenvalue weighted by molar-refractivity contribution is -0.122. The maximum atomic E-state index is 12.0. The number of nitrogens with one attached hydrogen (secondary N) is 3. The highest BCUT2D eigenvalue weighted by atomic mass is 16.5. The van der Waals surface area contributed by atoms with E-state index >= 15 is 0 Å². The Morgan fingerprint density at radius 2 is 1.64 bits per heavy atom. The van der Waals surface area contributed by atoms with Gasteiger partial charge in [-0.1, -0.05) is 0 Å². The molecule has 0 unspecified atom stereocenters. The molecule has 1 aromatic rings. The Bertz CT molecular complexity index is 699. The van der Waals surface area contributed by atoms with Gasteiger partial charge in [-0.3, -0.25) is 29.5 Å². The molecule has 1 aromatic carbocycles. The summed E-state index contributed by atoms with van der Waals surface area (Å²) < 4.78 is 4.26. The lowest BCUT2D eigenvalue weighted by atomic mass is 10.2. The van der Waals surface area contributed by atoms with E-state index in [9.17, 15) is 24.0 Å². The van der Waals surface area contributed by atoms with Gasteiger partial charge in [-0.2, -0.15) is 0 Å². The number of nitrogens with zero attached hydrogens (tertiary/aromatic N) is 1. The number of amides is 5. The number of anilines is 1. The predicted molar refractivity (Wildman–Crippen MR) is 84.2 cm³/mol. The van der Waals surface area contributed by atoms with E-state index in [4.69, 9.17) is 0 Å². The number of methoxy groups -OCH3 is 1. The van der Waals surface area contributed by atoms with Crippen molar-refractivity contribution in [3.63, 3.8) is 0 Å². The molecule has 1 aliphatic heterocycles.